The van der Waals surface area contributed by atoms with E-state index in [0.717, 1.165) is 23.6 Å². The van der Waals surface area contributed by atoms with Crippen LogP contribution in [0.2, 0.25) is 0 Å². The molecule has 5 heteroatoms. The van der Waals surface area contributed by atoms with Crippen LogP contribution in [0.5, 0.6) is 5.75 Å². The van der Waals surface area contributed by atoms with Gasteiger partial charge in [0, 0.05) is 25.0 Å². The molecule has 0 saturated carbocycles. The maximum absolute atomic E-state index is 5.88. The molecular weight excluding hydrogens is 324 g/mol. The maximum Gasteiger partial charge on any atom is 0.137 e. The van der Waals surface area contributed by atoms with E-state index in [-0.39, 0.29) is 0 Å². The Morgan fingerprint density at radius 3 is 2.69 bits per heavy atom. The van der Waals surface area contributed by atoms with Gasteiger partial charge >= 0.3 is 0 Å². The molecule has 3 heterocycles. The van der Waals surface area contributed by atoms with Crippen molar-refractivity contribution in [2.75, 3.05) is 20.1 Å². The van der Waals surface area contributed by atoms with Crippen molar-refractivity contribution >= 4 is 5.65 Å². The summed E-state index contributed by atoms with van der Waals surface area (Å²) in [6.45, 7) is 3.77. The number of hydrogen-bond donors (Lipinski definition) is 1. The molecule has 0 amide bonds. The number of imidazole rings is 1. The number of pyridine rings is 1. The molecule has 2 aromatic heterocycles. The number of benzene rings is 1. The fourth-order valence-electron chi connectivity index (χ4n) is 3.39. The molecule has 1 saturated heterocycles. The number of piperidine rings is 1. The number of rotatable bonds is 6. The van der Waals surface area contributed by atoms with Crippen molar-refractivity contribution in [2.24, 2.45) is 0 Å². The quantitative estimate of drug-likeness (QED) is 0.742. The minimum absolute atomic E-state index is 0.481. The molecule has 0 radical (unpaired) electrons. The normalized spacial score (nSPS) is 16.2. The minimum Gasteiger partial charge on any atom is -0.487 e. The molecule has 4 rings (SSSR count). The van der Waals surface area contributed by atoms with Gasteiger partial charge in [-0.25, -0.2) is 4.98 Å². The number of ether oxygens (including phenoxy) is 1. The van der Waals surface area contributed by atoms with Crippen LogP contribution in [-0.4, -0.2) is 40.5 Å². The summed E-state index contributed by atoms with van der Waals surface area (Å²) in [6.07, 6.45) is 6.47. The van der Waals surface area contributed by atoms with Crippen molar-refractivity contribution < 1.29 is 4.74 Å². The van der Waals surface area contributed by atoms with Crippen LogP contribution in [0.25, 0.3) is 5.65 Å². The van der Waals surface area contributed by atoms with Crippen molar-refractivity contribution in [3.8, 4) is 5.75 Å². The third-order valence-electron chi connectivity index (χ3n) is 5.04. The lowest BCUT2D eigenvalue weighted by Crippen LogP contribution is -2.40. The number of hydrogen-bond acceptors (Lipinski definition) is 4. The summed E-state index contributed by atoms with van der Waals surface area (Å²) in [5.74, 6) is 0.880. The SMILES string of the molecule is CN1CCC(NCc2ccc(OCc3cn4ccccc4n3)cc2)CC1. The van der Waals surface area contributed by atoms with Crippen LogP contribution in [0.4, 0.5) is 0 Å². The molecule has 1 fully saturated rings. The third kappa shape index (κ3) is 4.23. The Hall–Kier alpha value is -2.37. The van der Waals surface area contributed by atoms with Crippen LogP contribution in [0, 0.1) is 0 Å². The second kappa shape index (κ2) is 7.89. The summed E-state index contributed by atoms with van der Waals surface area (Å²) >= 11 is 0. The zero-order chi connectivity index (χ0) is 17.8. The number of fused-ring (bicyclic) bond motifs is 1. The standard InChI is InChI=1S/C21H26N4O/c1-24-12-9-18(10-13-24)22-14-17-5-7-20(8-6-17)26-16-19-15-25-11-3-2-4-21(25)23-19/h2-8,11,15,18,22H,9-10,12-14,16H2,1H3. The zero-order valence-electron chi connectivity index (χ0n) is 15.3. The van der Waals surface area contributed by atoms with Crippen molar-refractivity contribution in [1.29, 1.82) is 0 Å². The van der Waals surface area contributed by atoms with E-state index in [2.05, 4.69) is 34.4 Å². The highest BCUT2D eigenvalue weighted by Crippen LogP contribution is 2.15. The first-order valence-corrected chi connectivity index (χ1v) is 9.32. The Kier molecular flexibility index (Phi) is 5.18. The Labute approximate surface area is 154 Å². The van der Waals surface area contributed by atoms with Crippen molar-refractivity contribution in [1.82, 2.24) is 19.6 Å². The van der Waals surface area contributed by atoms with E-state index in [0.29, 0.717) is 12.6 Å². The molecule has 1 N–H and O–H groups in total. The first-order chi connectivity index (χ1) is 12.8. The van der Waals surface area contributed by atoms with E-state index >= 15 is 0 Å². The van der Waals surface area contributed by atoms with E-state index in [9.17, 15) is 0 Å². The predicted molar refractivity (Wildman–Crippen MR) is 103 cm³/mol. The number of nitrogens with zero attached hydrogens (tertiary/aromatic N) is 3. The molecule has 5 nitrogen and oxygen atoms in total. The molecule has 0 bridgehead atoms. The molecular formula is C21H26N4O. The summed E-state index contributed by atoms with van der Waals surface area (Å²) in [7, 11) is 2.20. The summed E-state index contributed by atoms with van der Waals surface area (Å²) in [5, 5.41) is 3.67. The van der Waals surface area contributed by atoms with Gasteiger partial charge in [-0.05, 0) is 62.8 Å². The van der Waals surface area contributed by atoms with E-state index in [1.807, 2.05) is 47.1 Å². The van der Waals surface area contributed by atoms with Crippen LogP contribution in [-0.2, 0) is 13.2 Å². The highest BCUT2D eigenvalue weighted by Gasteiger charge is 2.15. The summed E-state index contributed by atoms with van der Waals surface area (Å²) in [4.78, 5) is 6.95. The van der Waals surface area contributed by atoms with Gasteiger partial charge in [0.05, 0.1) is 5.69 Å². The third-order valence-corrected chi connectivity index (χ3v) is 5.04. The number of nitrogens with one attached hydrogen (secondary N) is 1. The fourth-order valence-corrected chi connectivity index (χ4v) is 3.39. The summed E-state index contributed by atoms with van der Waals surface area (Å²) < 4.78 is 7.89. The van der Waals surface area contributed by atoms with Gasteiger partial charge < -0.3 is 19.4 Å². The molecule has 0 atom stereocenters. The van der Waals surface area contributed by atoms with Crippen molar-refractivity contribution in [3.63, 3.8) is 0 Å². The van der Waals surface area contributed by atoms with Crippen LogP contribution >= 0.6 is 0 Å². The van der Waals surface area contributed by atoms with E-state index in [1.54, 1.807) is 0 Å². The lowest BCUT2D eigenvalue weighted by Gasteiger charge is -2.29. The maximum atomic E-state index is 5.88. The van der Waals surface area contributed by atoms with Gasteiger partial charge in [0.1, 0.15) is 18.0 Å². The van der Waals surface area contributed by atoms with Crippen LogP contribution in [0.3, 0.4) is 0 Å². The second-order valence-corrected chi connectivity index (χ2v) is 7.09. The Morgan fingerprint density at radius 2 is 1.92 bits per heavy atom. The molecule has 26 heavy (non-hydrogen) atoms. The second-order valence-electron chi connectivity index (χ2n) is 7.09. The van der Waals surface area contributed by atoms with E-state index in [4.69, 9.17) is 4.74 Å². The van der Waals surface area contributed by atoms with Gasteiger partial charge in [-0.1, -0.05) is 18.2 Å². The van der Waals surface area contributed by atoms with Crippen molar-refractivity contribution in [2.45, 2.75) is 32.0 Å². The van der Waals surface area contributed by atoms with E-state index < -0.39 is 0 Å². The predicted octanol–water partition coefficient (Wildman–Crippen LogP) is 3.10. The average molecular weight is 350 g/mol. The number of aromatic nitrogens is 2. The Balaban J connectivity index is 1.27. The number of likely N-dealkylation sites (tertiary alicyclic amines) is 1. The molecule has 1 aliphatic rings. The highest BCUT2D eigenvalue weighted by molar-refractivity contribution is 5.39. The topological polar surface area (TPSA) is 41.8 Å². The first-order valence-electron chi connectivity index (χ1n) is 9.32. The zero-order valence-corrected chi connectivity index (χ0v) is 15.3. The van der Waals surface area contributed by atoms with E-state index in [1.165, 1.54) is 31.5 Å². The largest absolute Gasteiger partial charge is 0.487 e. The summed E-state index contributed by atoms with van der Waals surface area (Å²) in [6, 6.07) is 15.0. The monoisotopic (exact) mass is 350 g/mol. The van der Waals surface area contributed by atoms with Crippen molar-refractivity contribution in [3.05, 3.63) is 66.1 Å². The molecule has 0 spiro atoms. The molecule has 1 aliphatic heterocycles. The molecule has 3 aromatic rings. The molecule has 136 valence electrons. The lowest BCUT2D eigenvalue weighted by molar-refractivity contribution is 0.234. The smallest absolute Gasteiger partial charge is 0.137 e. The van der Waals surface area contributed by atoms with Crippen LogP contribution in [0.15, 0.2) is 54.9 Å². The lowest BCUT2D eigenvalue weighted by atomic mass is 10.1. The van der Waals surface area contributed by atoms with Gasteiger partial charge in [0.25, 0.3) is 0 Å². The minimum atomic E-state index is 0.481. The van der Waals surface area contributed by atoms with Crippen LogP contribution in [0.1, 0.15) is 24.1 Å². The van der Waals surface area contributed by atoms with Gasteiger partial charge in [0.2, 0.25) is 0 Å². The van der Waals surface area contributed by atoms with Gasteiger partial charge in [-0.2, -0.15) is 0 Å². The average Bonchev–Trinajstić information content (AvgIpc) is 3.10. The van der Waals surface area contributed by atoms with Gasteiger partial charge in [-0.3, -0.25) is 0 Å². The Morgan fingerprint density at radius 1 is 1.12 bits per heavy atom. The first kappa shape index (κ1) is 17.1. The molecule has 0 unspecified atom stereocenters. The van der Waals surface area contributed by atoms with Gasteiger partial charge in [0.15, 0.2) is 0 Å². The van der Waals surface area contributed by atoms with Crippen LogP contribution < -0.4 is 10.1 Å². The summed E-state index contributed by atoms with van der Waals surface area (Å²) in [5.41, 5.74) is 3.18. The Bertz CT molecular complexity index is 802. The van der Waals surface area contributed by atoms with Gasteiger partial charge in [-0.15, -0.1) is 0 Å². The highest BCUT2D eigenvalue weighted by atomic mass is 16.5. The fraction of sp³-hybridized carbons (Fsp3) is 0.381. The molecule has 1 aromatic carbocycles. The molecule has 0 aliphatic carbocycles.